The highest BCUT2D eigenvalue weighted by molar-refractivity contribution is 6.62. The Labute approximate surface area is 165 Å². The second kappa shape index (κ2) is 8.91. The molecule has 0 aliphatic heterocycles. The van der Waals surface area contributed by atoms with E-state index in [-0.39, 0.29) is 0 Å². The first kappa shape index (κ1) is 20.8. The van der Waals surface area contributed by atoms with Crippen LogP contribution in [0.4, 0.5) is 9.59 Å². The van der Waals surface area contributed by atoms with Gasteiger partial charge in [-0.15, -0.1) is 0 Å². The summed E-state index contributed by atoms with van der Waals surface area (Å²) in [4.78, 5) is 26.2. The smallest absolute Gasteiger partial charge is 0.410 e. The number of carbonyl (C=O) groups is 2. The quantitative estimate of drug-likeness (QED) is 0.519. The van der Waals surface area contributed by atoms with Crippen molar-refractivity contribution >= 4 is 23.1 Å². The predicted molar refractivity (Wildman–Crippen MR) is 108 cm³/mol. The highest BCUT2D eigenvalue weighted by Gasteiger charge is 2.27. The van der Waals surface area contributed by atoms with Gasteiger partial charge >= 0.3 is 11.5 Å². The van der Waals surface area contributed by atoms with Crippen LogP contribution in [0.25, 0.3) is 11.1 Å². The van der Waals surface area contributed by atoms with Crippen LogP contribution in [0.2, 0.25) is 0 Å². The molecule has 27 heavy (non-hydrogen) atoms. The molecule has 0 aromatic heterocycles. The van der Waals surface area contributed by atoms with Gasteiger partial charge in [0, 0.05) is 27.2 Å². The molecule has 0 radical (unpaired) electrons. The van der Waals surface area contributed by atoms with Gasteiger partial charge in [-0.3, -0.25) is 4.79 Å². The lowest BCUT2D eigenvalue weighted by Gasteiger charge is -2.29. The van der Waals surface area contributed by atoms with Crippen LogP contribution in [-0.2, 0) is 10.3 Å². The molecule has 6 heteroatoms. The lowest BCUT2D eigenvalue weighted by molar-refractivity contribution is 0.0147. The van der Waals surface area contributed by atoms with Gasteiger partial charge < -0.3 is 14.5 Å². The topological polar surface area (TPSA) is 49.9 Å². The first-order chi connectivity index (χ1) is 12.7. The van der Waals surface area contributed by atoms with Crippen molar-refractivity contribution in [2.45, 2.75) is 19.4 Å². The van der Waals surface area contributed by atoms with Gasteiger partial charge in [0.2, 0.25) is 0 Å². The van der Waals surface area contributed by atoms with Crippen molar-refractivity contribution in [3.63, 3.8) is 0 Å². The second-order valence-electron chi connectivity index (χ2n) is 6.92. The average molecular weight is 389 g/mol. The van der Waals surface area contributed by atoms with Gasteiger partial charge in [0.1, 0.15) is 5.60 Å². The maximum atomic E-state index is 12.4. The Balaban J connectivity index is 2.00. The van der Waals surface area contributed by atoms with Gasteiger partial charge in [-0.2, -0.15) is 0 Å². The van der Waals surface area contributed by atoms with Crippen LogP contribution in [0.15, 0.2) is 54.6 Å². The number of halogens is 1. The zero-order valence-corrected chi connectivity index (χ0v) is 16.9. The SMILES string of the molecule is CN(CCN(C)C(=O)OC(C)(C)c1ccc(-c2ccccc2)cc1)C(=O)Cl. The van der Waals surface area contributed by atoms with Gasteiger partial charge in [0.05, 0.1) is 0 Å². The Hall–Kier alpha value is -2.53. The number of benzene rings is 2. The van der Waals surface area contributed by atoms with E-state index < -0.39 is 17.1 Å². The van der Waals surface area contributed by atoms with Crippen LogP contribution in [0.3, 0.4) is 0 Å². The zero-order valence-electron chi connectivity index (χ0n) is 16.1. The number of likely N-dealkylation sites (N-methyl/N-ethyl adjacent to an activating group) is 2. The Bertz CT molecular complexity index is 776. The molecule has 0 spiro atoms. The molecule has 0 atom stereocenters. The number of amides is 2. The fraction of sp³-hybridized carbons (Fsp3) is 0.333. The summed E-state index contributed by atoms with van der Waals surface area (Å²) in [5.74, 6) is 0. The molecule has 2 aromatic carbocycles. The fourth-order valence-corrected chi connectivity index (χ4v) is 2.61. The maximum absolute atomic E-state index is 12.4. The summed E-state index contributed by atoms with van der Waals surface area (Å²) in [6.07, 6.45) is -0.456. The monoisotopic (exact) mass is 388 g/mol. The van der Waals surface area contributed by atoms with Crippen molar-refractivity contribution in [3.05, 3.63) is 60.2 Å². The Morgan fingerprint density at radius 1 is 0.889 bits per heavy atom. The predicted octanol–water partition coefficient (Wildman–Crippen LogP) is 4.95. The van der Waals surface area contributed by atoms with E-state index in [2.05, 4.69) is 12.1 Å². The molecule has 2 aromatic rings. The number of nitrogens with zero attached hydrogens (tertiary/aromatic N) is 2. The van der Waals surface area contributed by atoms with Crippen molar-refractivity contribution in [2.75, 3.05) is 27.2 Å². The molecule has 144 valence electrons. The van der Waals surface area contributed by atoms with E-state index in [1.807, 2.05) is 56.3 Å². The van der Waals surface area contributed by atoms with E-state index in [0.717, 1.165) is 16.7 Å². The molecule has 2 rings (SSSR count). The summed E-state index contributed by atoms with van der Waals surface area (Å²) in [5.41, 5.74) is 2.36. The molecular weight excluding hydrogens is 364 g/mol. The molecule has 5 nitrogen and oxygen atoms in total. The van der Waals surface area contributed by atoms with Crippen LogP contribution in [0, 0.1) is 0 Å². The van der Waals surface area contributed by atoms with Gasteiger partial charge in [-0.25, -0.2) is 4.79 Å². The molecule has 0 unspecified atom stereocenters. The lowest BCUT2D eigenvalue weighted by atomic mass is 9.95. The largest absolute Gasteiger partial charge is 0.439 e. The summed E-state index contributed by atoms with van der Waals surface area (Å²) < 4.78 is 5.67. The van der Waals surface area contributed by atoms with Crippen molar-refractivity contribution in [3.8, 4) is 11.1 Å². The number of hydrogen-bond donors (Lipinski definition) is 0. The number of ether oxygens (including phenoxy) is 1. The van der Waals surface area contributed by atoms with Crippen LogP contribution < -0.4 is 0 Å². The third-order valence-electron chi connectivity index (χ3n) is 4.41. The summed E-state index contributed by atoms with van der Waals surface area (Å²) in [6, 6.07) is 18.1. The maximum Gasteiger partial charge on any atom is 0.410 e. The summed E-state index contributed by atoms with van der Waals surface area (Å²) in [6.45, 7) is 4.37. The minimum absolute atomic E-state index is 0.330. The van der Waals surface area contributed by atoms with Crippen LogP contribution >= 0.6 is 11.6 Å². The molecule has 0 N–H and O–H groups in total. The highest BCUT2D eigenvalue weighted by atomic mass is 35.5. The van der Waals surface area contributed by atoms with Crippen LogP contribution in [0.1, 0.15) is 19.4 Å². The normalized spacial score (nSPS) is 11.0. The third kappa shape index (κ3) is 5.73. The number of carbonyl (C=O) groups excluding carboxylic acids is 2. The van der Waals surface area contributed by atoms with Crippen LogP contribution in [-0.4, -0.2) is 48.4 Å². The van der Waals surface area contributed by atoms with E-state index >= 15 is 0 Å². The van der Waals surface area contributed by atoms with E-state index in [9.17, 15) is 9.59 Å². The van der Waals surface area contributed by atoms with Crippen molar-refractivity contribution in [2.24, 2.45) is 0 Å². The Kier molecular flexibility index (Phi) is 6.86. The standard InChI is InChI=1S/C21H25ClN2O3/c1-21(2,27-20(26)24(4)15-14-23(3)19(22)25)18-12-10-17(11-13-18)16-8-6-5-7-9-16/h5-13H,14-15H2,1-4H3. The van der Waals surface area contributed by atoms with Gasteiger partial charge in [0.25, 0.3) is 0 Å². The molecule has 0 saturated carbocycles. The second-order valence-corrected chi connectivity index (χ2v) is 7.24. The number of rotatable bonds is 6. The molecule has 0 bridgehead atoms. The van der Waals surface area contributed by atoms with Gasteiger partial charge in [-0.1, -0.05) is 54.6 Å². The van der Waals surface area contributed by atoms with Crippen molar-refractivity contribution in [1.29, 1.82) is 0 Å². The minimum atomic E-state index is -0.783. The first-order valence-electron chi connectivity index (χ1n) is 8.71. The Morgan fingerprint density at radius 2 is 1.41 bits per heavy atom. The van der Waals surface area contributed by atoms with E-state index in [0.29, 0.717) is 13.1 Å². The molecule has 0 aliphatic carbocycles. The first-order valence-corrected chi connectivity index (χ1v) is 9.09. The van der Waals surface area contributed by atoms with Crippen LogP contribution in [0.5, 0.6) is 0 Å². The zero-order chi connectivity index (χ0) is 20.0. The molecule has 0 heterocycles. The third-order valence-corrected chi connectivity index (χ3v) is 4.70. The average Bonchev–Trinajstić information content (AvgIpc) is 2.66. The van der Waals surface area contributed by atoms with Gasteiger partial charge in [0.15, 0.2) is 0 Å². The van der Waals surface area contributed by atoms with Gasteiger partial charge in [-0.05, 0) is 42.1 Å². The molecule has 0 aliphatic rings. The molecular formula is C21H25ClN2O3. The van der Waals surface area contributed by atoms with E-state index in [1.54, 1.807) is 14.1 Å². The molecule has 2 amide bonds. The fourth-order valence-electron chi connectivity index (χ4n) is 2.53. The highest BCUT2D eigenvalue weighted by Crippen LogP contribution is 2.28. The number of hydrogen-bond acceptors (Lipinski definition) is 3. The van der Waals surface area contributed by atoms with Crippen molar-refractivity contribution < 1.29 is 14.3 Å². The minimum Gasteiger partial charge on any atom is -0.439 e. The summed E-state index contributed by atoms with van der Waals surface area (Å²) in [5, 5.41) is -0.560. The van der Waals surface area contributed by atoms with Crippen molar-refractivity contribution in [1.82, 2.24) is 9.80 Å². The summed E-state index contributed by atoms with van der Waals surface area (Å²) in [7, 11) is 3.20. The lowest BCUT2D eigenvalue weighted by Crippen LogP contribution is -2.39. The molecule has 0 fully saturated rings. The summed E-state index contributed by atoms with van der Waals surface area (Å²) >= 11 is 5.39. The van der Waals surface area contributed by atoms with E-state index in [1.165, 1.54) is 9.80 Å². The molecule has 0 saturated heterocycles. The van der Waals surface area contributed by atoms with E-state index in [4.69, 9.17) is 16.3 Å². The Morgan fingerprint density at radius 3 is 1.96 bits per heavy atom.